The van der Waals surface area contributed by atoms with Crippen LogP contribution in [0.25, 0.3) is 22.0 Å². The van der Waals surface area contributed by atoms with Crippen LogP contribution >= 0.6 is 11.6 Å². The van der Waals surface area contributed by atoms with Crippen LogP contribution in [0.5, 0.6) is 0 Å². The molecule has 1 N–H and O–H groups in total. The van der Waals surface area contributed by atoms with E-state index in [2.05, 4.69) is 38.5 Å². The average Bonchev–Trinajstić information content (AvgIpc) is 2.67. The molecular weight excluding hydrogens is 344 g/mol. The number of nitrogens with zero attached hydrogens (tertiary/aromatic N) is 3. The molecule has 128 valence electrons. The highest BCUT2D eigenvalue weighted by Crippen LogP contribution is 2.33. The number of aromatic nitrogens is 3. The third-order valence-corrected chi connectivity index (χ3v) is 4.36. The van der Waals surface area contributed by atoms with Crippen LogP contribution in [0.3, 0.4) is 0 Å². The monoisotopic (exact) mass is 360 g/mol. The minimum atomic E-state index is 0.224. The molecule has 0 unspecified atom stereocenters. The van der Waals surface area contributed by atoms with Crippen molar-refractivity contribution in [2.75, 3.05) is 5.32 Å². The zero-order valence-corrected chi connectivity index (χ0v) is 15.0. The van der Waals surface area contributed by atoms with Gasteiger partial charge in [0.1, 0.15) is 5.82 Å². The van der Waals surface area contributed by atoms with Crippen LogP contribution < -0.4 is 5.32 Å². The number of pyridine rings is 1. The van der Waals surface area contributed by atoms with Crippen LogP contribution in [0.1, 0.15) is 11.3 Å². The van der Waals surface area contributed by atoms with Crippen molar-refractivity contribution < 1.29 is 0 Å². The molecule has 0 saturated heterocycles. The quantitative estimate of drug-likeness (QED) is 0.504. The molecule has 26 heavy (non-hydrogen) atoms. The van der Waals surface area contributed by atoms with Gasteiger partial charge in [-0.3, -0.25) is 4.98 Å². The van der Waals surface area contributed by atoms with E-state index in [0.717, 1.165) is 33.3 Å². The number of fused-ring (bicyclic) bond motifs is 1. The average molecular weight is 361 g/mol. The van der Waals surface area contributed by atoms with E-state index >= 15 is 0 Å². The Bertz CT molecular complexity index is 1050. The van der Waals surface area contributed by atoms with E-state index in [4.69, 9.17) is 11.6 Å². The Morgan fingerprint density at radius 3 is 2.54 bits per heavy atom. The van der Waals surface area contributed by atoms with Crippen molar-refractivity contribution >= 4 is 28.3 Å². The number of hydrogen-bond donors (Lipinski definition) is 1. The van der Waals surface area contributed by atoms with Gasteiger partial charge in [-0.25, -0.2) is 9.97 Å². The van der Waals surface area contributed by atoms with Gasteiger partial charge < -0.3 is 5.32 Å². The largest absolute Gasteiger partial charge is 0.364 e. The lowest BCUT2D eigenvalue weighted by Crippen LogP contribution is -2.05. The molecule has 4 rings (SSSR count). The molecule has 0 saturated carbocycles. The number of rotatable bonds is 4. The summed E-state index contributed by atoms with van der Waals surface area (Å²) in [6.45, 7) is 2.58. The number of hydrogen-bond acceptors (Lipinski definition) is 4. The molecule has 0 spiro atoms. The molecule has 0 amide bonds. The van der Waals surface area contributed by atoms with Gasteiger partial charge in [-0.05, 0) is 47.3 Å². The molecular formula is C21H17ClN4. The van der Waals surface area contributed by atoms with Crippen LogP contribution in [0, 0.1) is 6.92 Å². The third-order valence-electron chi connectivity index (χ3n) is 4.19. The molecule has 2 aromatic heterocycles. The fourth-order valence-electron chi connectivity index (χ4n) is 2.92. The van der Waals surface area contributed by atoms with Gasteiger partial charge in [0.15, 0.2) is 0 Å². The second-order valence-electron chi connectivity index (χ2n) is 6.09. The molecule has 5 heteroatoms. The highest BCUT2D eigenvalue weighted by molar-refractivity contribution is 6.29. The lowest BCUT2D eigenvalue weighted by Gasteiger charge is -2.13. The molecule has 0 aliphatic rings. The molecule has 0 bridgehead atoms. The van der Waals surface area contributed by atoms with Crippen molar-refractivity contribution in [2.45, 2.75) is 13.5 Å². The Labute approximate surface area is 156 Å². The summed E-state index contributed by atoms with van der Waals surface area (Å²) in [6, 6.07) is 20.3. The zero-order chi connectivity index (χ0) is 17.9. The molecule has 0 atom stereocenters. The molecule has 0 aliphatic carbocycles. The van der Waals surface area contributed by atoms with Gasteiger partial charge in [0, 0.05) is 6.20 Å². The maximum atomic E-state index is 6.15. The molecule has 0 radical (unpaired) electrons. The van der Waals surface area contributed by atoms with Gasteiger partial charge >= 0.3 is 0 Å². The zero-order valence-electron chi connectivity index (χ0n) is 14.3. The summed E-state index contributed by atoms with van der Waals surface area (Å²) in [6.07, 6.45) is 1.86. The lowest BCUT2D eigenvalue weighted by molar-refractivity contribution is 1.02. The Morgan fingerprint density at radius 1 is 0.923 bits per heavy atom. The van der Waals surface area contributed by atoms with E-state index in [-0.39, 0.29) is 5.28 Å². The highest BCUT2D eigenvalue weighted by atomic mass is 35.5. The maximum Gasteiger partial charge on any atom is 0.224 e. The van der Waals surface area contributed by atoms with Gasteiger partial charge in [0.2, 0.25) is 5.28 Å². The van der Waals surface area contributed by atoms with E-state index in [1.54, 1.807) is 0 Å². The summed E-state index contributed by atoms with van der Waals surface area (Å²) >= 11 is 6.15. The number of anilines is 1. The van der Waals surface area contributed by atoms with Crippen molar-refractivity contribution in [3.8, 4) is 11.1 Å². The van der Waals surface area contributed by atoms with Gasteiger partial charge in [-0.2, -0.15) is 0 Å². The van der Waals surface area contributed by atoms with Crippen molar-refractivity contribution in [1.29, 1.82) is 0 Å². The first-order valence-corrected chi connectivity index (χ1v) is 8.75. The minimum absolute atomic E-state index is 0.224. The van der Waals surface area contributed by atoms with Crippen molar-refractivity contribution in [1.82, 2.24) is 15.0 Å². The van der Waals surface area contributed by atoms with E-state index in [0.29, 0.717) is 12.4 Å². The summed E-state index contributed by atoms with van der Waals surface area (Å²) in [4.78, 5) is 13.3. The molecule has 4 nitrogen and oxygen atoms in total. The molecule has 2 aromatic carbocycles. The van der Waals surface area contributed by atoms with Crippen LogP contribution in [0.15, 0.2) is 66.9 Å². The minimum Gasteiger partial charge on any atom is -0.364 e. The Hall–Kier alpha value is -2.98. The number of nitrogens with one attached hydrogen (secondary N) is 1. The molecule has 4 aromatic rings. The van der Waals surface area contributed by atoms with Gasteiger partial charge in [0.05, 0.1) is 23.1 Å². The van der Waals surface area contributed by atoms with Gasteiger partial charge in [0.25, 0.3) is 0 Å². The summed E-state index contributed by atoms with van der Waals surface area (Å²) in [5.41, 5.74) is 5.07. The SMILES string of the molecule is Cc1ccc(CNc2nc(Cl)nc3cccc(-c4ccccc4)c23)nc1. The molecule has 0 fully saturated rings. The van der Waals surface area contributed by atoms with Crippen molar-refractivity contribution in [2.24, 2.45) is 0 Å². The first kappa shape index (κ1) is 16.5. The van der Waals surface area contributed by atoms with Crippen LogP contribution in [0.2, 0.25) is 5.28 Å². The Balaban J connectivity index is 1.79. The van der Waals surface area contributed by atoms with Crippen LogP contribution in [-0.2, 0) is 6.54 Å². The predicted octanol–water partition coefficient (Wildman–Crippen LogP) is 5.27. The maximum absolute atomic E-state index is 6.15. The summed E-state index contributed by atoms with van der Waals surface area (Å²) < 4.78 is 0. The van der Waals surface area contributed by atoms with Crippen LogP contribution in [-0.4, -0.2) is 15.0 Å². The summed E-state index contributed by atoms with van der Waals surface area (Å²) in [5, 5.41) is 4.55. The first-order chi connectivity index (χ1) is 12.7. The fourth-order valence-corrected chi connectivity index (χ4v) is 3.09. The third kappa shape index (κ3) is 3.37. The van der Waals surface area contributed by atoms with E-state index in [9.17, 15) is 0 Å². The Kier molecular flexibility index (Phi) is 4.50. The second kappa shape index (κ2) is 7.10. The first-order valence-electron chi connectivity index (χ1n) is 8.38. The van der Waals surface area contributed by atoms with Crippen molar-refractivity contribution in [3.63, 3.8) is 0 Å². The topological polar surface area (TPSA) is 50.7 Å². The van der Waals surface area contributed by atoms with E-state index < -0.39 is 0 Å². The fraction of sp³-hybridized carbons (Fsp3) is 0.0952. The lowest BCUT2D eigenvalue weighted by atomic mass is 10.0. The number of benzene rings is 2. The van der Waals surface area contributed by atoms with Crippen LogP contribution in [0.4, 0.5) is 5.82 Å². The smallest absolute Gasteiger partial charge is 0.224 e. The number of halogens is 1. The number of aryl methyl sites for hydroxylation is 1. The standard InChI is InChI=1S/C21H17ClN4/c1-14-10-11-16(23-12-14)13-24-20-19-17(15-6-3-2-4-7-15)8-5-9-18(19)25-21(22)26-20/h2-12H,13H2,1H3,(H,24,25,26). The normalized spacial score (nSPS) is 10.8. The van der Waals surface area contributed by atoms with Crippen molar-refractivity contribution in [3.05, 3.63) is 83.4 Å². The molecule has 2 heterocycles. The van der Waals surface area contributed by atoms with Gasteiger partial charge in [-0.15, -0.1) is 0 Å². The van der Waals surface area contributed by atoms with Gasteiger partial charge in [-0.1, -0.05) is 48.5 Å². The Morgan fingerprint density at radius 2 is 1.77 bits per heavy atom. The van der Waals surface area contributed by atoms with E-state index in [1.165, 1.54) is 0 Å². The summed E-state index contributed by atoms with van der Waals surface area (Å²) in [7, 11) is 0. The predicted molar refractivity (Wildman–Crippen MR) is 106 cm³/mol. The second-order valence-corrected chi connectivity index (χ2v) is 6.43. The highest BCUT2D eigenvalue weighted by Gasteiger charge is 2.12. The van der Waals surface area contributed by atoms with E-state index in [1.807, 2.05) is 55.6 Å². The molecule has 0 aliphatic heterocycles. The summed E-state index contributed by atoms with van der Waals surface area (Å²) in [5.74, 6) is 0.710.